The molecule has 1 saturated heterocycles. The van der Waals surface area contributed by atoms with Crippen molar-refractivity contribution in [2.24, 2.45) is 46.3 Å². The van der Waals surface area contributed by atoms with Crippen LogP contribution in [0.15, 0.2) is 11.8 Å². The zero-order valence-electron chi connectivity index (χ0n) is 19.5. The van der Waals surface area contributed by atoms with Gasteiger partial charge in [0.15, 0.2) is 0 Å². The molecular formula is C27H42O3. The number of aliphatic hydroxyl groups is 1. The highest BCUT2D eigenvalue weighted by Crippen LogP contribution is 2.71. The maximum Gasteiger partial charge on any atom is 0.213 e. The normalized spacial score (nSPS) is 59.6. The zero-order valence-corrected chi connectivity index (χ0v) is 19.5. The fraction of sp³-hybridized carbons (Fsp3) is 0.926. The molecule has 3 heteroatoms. The van der Waals surface area contributed by atoms with Crippen molar-refractivity contribution in [2.45, 2.75) is 110 Å². The third-order valence-electron chi connectivity index (χ3n) is 11.6. The van der Waals surface area contributed by atoms with Crippen LogP contribution in [0.2, 0.25) is 0 Å². The second-order valence-electron chi connectivity index (χ2n) is 12.7. The van der Waals surface area contributed by atoms with E-state index in [0.29, 0.717) is 28.8 Å². The lowest BCUT2D eigenvalue weighted by Gasteiger charge is -2.61. The molecule has 0 aromatic carbocycles. The van der Waals surface area contributed by atoms with Gasteiger partial charge in [0.1, 0.15) is 0 Å². The third-order valence-corrected chi connectivity index (χ3v) is 11.6. The quantitative estimate of drug-likeness (QED) is 0.523. The van der Waals surface area contributed by atoms with E-state index in [9.17, 15) is 5.11 Å². The Hall–Kier alpha value is -0.540. The van der Waals surface area contributed by atoms with Crippen LogP contribution in [0.5, 0.6) is 0 Å². The van der Waals surface area contributed by atoms with Gasteiger partial charge in [-0.25, -0.2) is 0 Å². The van der Waals surface area contributed by atoms with Gasteiger partial charge in [0.05, 0.1) is 18.5 Å². The van der Waals surface area contributed by atoms with Crippen LogP contribution >= 0.6 is 0 Å². The number of ether oxygens (including phenoxy) is 2. The number of fused-ring (bicyclic) bond motifs is 7. The van der Waals surface area contributed by atoms with E-state index in [0.717, 1.165) is 49.4 Å². The van der Waals surface area contributed by atoms with Gasteiger partial charge in [-0.15, -0.1) is 0 Å². The van der Waals surface area contributed by atoms with Gasteiger partial charge in [-0.2, -0.15) is 0 Å². The molecule has 30 heavy (non-hydrogen) atoms. The van der Waals surface area contributed by atoms with E-state index >= 15 is 0 Å². The van der Waals surface area contributed by atoms with E-state index in [2.05, 4.69) is 27.7 Å². The molecule has 4 saturated carbocycles. The SMILES string of the molecule is CC1=CO[C@@]2(CC1)O[C@H]1C[C@H]3[C@@H]4CC[C@H]5C[C@@H](O)CC[C@]5(C)[C@H]4CC[C@]3(C)[C@H]1[C@@H]2C. The van der Waals surface area contributed by atoms with Crippen LogP contribution in [0.1, 0.15) is 91.9 Å². The number of rotatable bonds is 0. The van der Waals surface area contributed by atoms with E-state index in [1.165, 1.54) is 44.1 Å². The van der Waals surface area contributed by atoms with Gasteiger partial charge in [0, 0.05) is 12.3 Å². The molecule has 2 aliphatic heterocycles. The summed E-state index contributed by atoms with van der Waals surface area (Å²) >= 11 is 0. The standard InChI is InChI=1S/C27H42O3/c1-16-7-12-27(29-15-16)17(2)24-23(30-27)14-22-20-6-5-18-13-19(28)8-10-25(18,3)21(20)9-11-26(22,24)4/h15,17-24,28H,5-14H2,1-4H3/t17-,18-,19-,20+,21-,22-,23-,24-,25-,26-,27-/m0/s1. The van der Waals surface area contributed by atoms with Crippen LogP contribution in [0, 0.1) is 46.3 Å². The molecule has 1 N–H and O–H groups in total. The first-order chi connectivity index (χ1) is 14.3. The number of allylic oxidation sites excluding steroid dienone is 1. The van der Waals surface area contributed by atoms with E-state index < -0.39 is 0 Å². The maximum atomic E-state index is 10.3. The van der Waals surface area contributed by atoms with Crippen molar-refractivity contribution in [2.75, 3.05) is 0 Å². The van der Waals surface area contributed by atoms with Crippen LogP contribution in [0.3, 0.4) is 0 Å². The molecule has 0 amide bonds. The number of aliphatic hydroxyl groups excluding tert-OH is 1. The Balaban J connectivity index is 1.27. The van der Waals surface area contributed by atoms with Crippen molar-refractivity contribution in [3.63, 3.8) is 0 Å². The fourth-order valence-corrected chi connectivity index (χ4v) is 10.0. The lowest BCUT2D eigenvalue weighted by Crippen LogP contribution is -2.54. The average Bonchev–Trinajstić information content (AvgIpc) is 3.16. The van der Waals surface area contributed by atoms with Gasteiger partial charge in [-0.3, -0.25) is 0 Å². The van der Waals surface area contributed by atoms with Crippen molar-refractivity contribution in [3.8, 4) is 0 Å². The lowest BCUT2D eigenvalue weighted by molar-refractivity contribution is -0.229. The molecule has 3 nitrogen and oxygen atoms in total. The largest absolute Gasteiger partial charge is 0.470 e. The summed E-state index contributed by atoms with van der Waals surface area (Å²) in [5.41, 5.74) is 2.22. The molecule has 4 aliphatic carbocycles. The first kappa shape index (κ1) is 20.1. The zero-order chi connectivity index (χ0) is 20.9. The van der Waals surface area contributed by atoms with E-state index in [1.54, 1.807) is 0 Å². The Kier molecular flexibility index (Phi) is 4.35. The highest BCUT2D eigenvalue weighted by atomic mass is 16.7. The molecule has 0 unspecified atom stereocenters. The highest BCUT2D eigenvalue weighted by Gasteiger charge is 2.69. The van der Waals surface area contributed by atoms with E-state index in [1.807, 2.05) is 6.26 Å². The summed E-state index contributed by atoms with van der Waals surface area (Å²) in [6.07, 6.45) is 14.5. The van der Waals surface area contributed by atoms with Gasteiger partial charge in [-0.1, -0.05) is 20.8 Å². The second kappa shape index (κ2) is 6.50. The number of hydrogen-bond donors (Lipinski definition) is 1. The summed E-state index contributed by atoms with van der Waals surface area (Å²) in [6.45, 7) is 9.82. The van der Waals surface area contributed by atoms with Gasteiger partial charge < -0.3 is 14.6 Å². The maximum absolute atomic E-state index is 10.3. The smallest absolute Gasteiger partial charge is 0.213 e. The molecular weight excluding hydrogens is 372 g/mol. The van der Waals surface area contributed by atoms with E-state index in [-0.39, 0.29) is 11.9 Å². The van der Waals surface area contributed by atoms with Crippen LogP contribution in [-0.4, -0.2) is 23.1 Å². The summed E-state index contributed by atoms with van der Waals surface area (Å²) in [7, 11) is 0. The Morgan fingerprint density at radius 2 is 1.77 bits per heavy atom. The summed E-state index contributed by atoms with van der Waals surface area (Å²) in [5, 5.41) is 10.3. The molecule has 6 aliphatic rings. The minimum absolute atomic E-state index is 0.0436. The minimum atomic E-state index is -0.358. The third kappa shape index (κ3) is 2.51. The van der Waals surface area contributed by atoms with Crippen LogP contribution < -0.4 is 0 Å². The lowest BCUT2D eigenvalue weighted by atomic mass is 9.44. The Bertz CT molecular complexity index is 746. The summed E-state index contributed by atoms with van der Waals surface area (Å²) in [4.78, 5) is 0. The van der Waals surface area contributed by atoms with Crippen LogP contribution in [0.25, 0.3) is 0 Å². The fourth-order valence-electron chi connectivity index (χ4n) is 10.0. The first-order valence-corrected chi connectivity index (χ1v) is 13.0. The molecule has 6 rings (SSSR count). The molecule has 0 radical (unpaired) electrons. The molecule has 0 aromatic heterocycles. The minimum Gasteiger partial charge on any atom is -0.470 e. The monoisotopic (exact) mass is 414 g/mol. The topological polar surface area (TPSA) is 38.7 Å². The predicted molar refractivity (Wildman–Crippen MR) is 117 cm³/mol. The Labute approximate surface area is 183 Å². The Morgan fingerprint density at radius 3 is 2.53 bits per heavy atom. The molecule has 0 aromatic rings. The van der Waals surface area contributed by atoms with Gasteiger partial charge in [0.25, 0.3) is 0 Å². The van der Waals surface area contributed by atoms with Gasteiger partial charge in [-0.05, 0) is 111 Å². The predicted octanol–water partition coefficient (Wildman–Crippen LogP) is 6.06. The van der Waals surface area contributed by atoms with Gasteiger partial charge in [0.2, 0.25) is 5.79 Å². The van der Waals surface area contributed by atoms with Crippen molar-refractivity contribution >= 4 is 0 Å². The first-order valence-electron chi connectivity index (χ1n) is 13.0. The molecule has 0 bridgehead atoms. The van der Waals surface area contributed by atoms with Crippen LogP contribution in [0.4, 0.5) is 0 Å². The summed E-state index contributed by atoms with van der Waals surface area (Å²) in [6, 6.07) is 0. The molecule has 2 heterocycles. The van der Waals surface area contributed by atoms with Crippen molar-refractivity contribution in [1.29, 1.82) is 0 Å². The van der Waals surface area contributed by atoms with Gasteiger partial charge >= 0.3 is 0 Å². The molecule has 168 valence electrons. The second-order valence-corrected chi connectivity index (χ2v) is 12.7. The summed E-state index contributed by atoms with van der Waals surface area (Å²) < 4.78 is 13.2. The van der Waals surface area contributed by atoms with Crippen molar-refractivity contribution < 1.29 is 14.6 Å². The average molecular weight is 415 g/mol. The molecule has 5 fully saturated rings. The van der Waals surface area contributed by atoms with Crippen molar-refractivity contribution in [3.05, 3.63) is 11.8 Å². The highest BCUT2D eigenvalue weighted by molar-refractivity contribution is 5.16. The molecule has 11 atom stereocenters. The summed E-state index contributed by atoms with van der Waals surface area (Å²) in [5.74, 6) is 4.06. The van der Waals surface area contributed by atoms with Crippen LogP contribution in [-0.2, 0) is 9.47 Å². The Morgan fingerprint density at radius 1 is 0.967 bits per heavy atom. The number of hydrogen-bond acceptors (Lipinski definition) is 3. The molecule has 1 spiro atoms. The van der Waals surface area contributed by atoms with E-state index in [4.69, 9.17) is 9.47 Å². The van der Waals surface area contributed by atoms with Crippen molar-refractivity contribution in [1.82, 2.24) is 0 Å².